The van der Waals surface area contributed by atoms with E-state index in [0.29, 0.717) is 0 Å². The molecule has 6 N–H and O–H groups in total. The van der Waals surface area contributed by atoms with Gasteiger partial charge in [0.2, 0.25) is 11.8 Å². The molecule has 0 spiro atoms. The van der Waals surface area contributed by atoms with Gasteiger partial charge in [-0.2, -0.15) is 12.6 Å². The van der Waals surface area contributed by atoms with E-state index in [1.54, 1.807) is 0 Å². The SMILES string of the molecule is NC(CCC(=O)NC(CS)C(=O)NCC(=O)OCCCC(=O)O)C(=O)O. The first-order valence-corrected chi connectivity index (χ1v) is 8.34. The lowest BCUT2D eigenvalue weighted by atomic mass is 10.1. The van der Waals surface area contributed by atoms with Crippen molar-refractivity contribution in [1.29, 1.82) is 0 Å². The molecule has 0 saturated heterocycles. The van der Waals surface area contributed by atoms with E-state index in [0.717, 1.165) is 0 Å². The van der Waals surface area contributed by atoms with Crippen molar-refractivity contribution in [1.82, 2.24) is 10.6 Å². The highest BCUT2D eigenvalue weighted by molar-refractivity contribution is 7.80. The van der Waals surface area contributed by atoms with Crippen molar-refractivity contribution in [2.24, 2.45) is 5.73 Å². The van der Waals surface area contributed by atoms with Gasteiger partial charge in [0.05, 0.1) is 6.61 Å². The summed E-state index contributed by atoms with van der Waals surface area (Å²) in [6, 6.07) is -2.20. The standard InChI is InChI=1S/C14H23N3O8S/c15-8(14(23)24)3-4-10(18)17-9(7-26)13(22)16-6-12(21)25-5-1-2-11(19)20/h8-9,26H,1-7,15H2,(H,16,22)(H,17,18)(H,19,20)(H,23,24). The normalized spacial score (nSPS) is 12.5. The van der Waals surface area contributed by atoms with Crippen LogP contribution in [0.3, 0.4) is 0 Å². The third-order valence-electron chi connectivity index (χ3n) is 3.04. The third-order valence-corrected chi connectivity index (χ3v) is 3.40. The lowest BCUT2D eigenvalue weighted by Gasteiger charge is -2.16. The molecule has 2 unspecified atom stereocenters. The Morgan fingerprint density at radius 3 is 2.31 bits per heavy atom. The number of carbonyl (C=O) groups excluding carboxylic acids is 3. The Bertz CT molecular complexity index is 528. The van der Waals surface area contributed by atoms with Crippen LogP contribution in [0.15, 0.2) is 0 Å². The Labute approximate surface area is 155 Å². The summed E-state index contributed by atoms with van der Waals surface area (Å²) in [6.45, 7) is -0.534. The molecule has 0 saturated carbocycles. The molecule has 0 heterocycles. The predicted octanol–water partition coefficient (Wildman–Crippen LogP) is -1.88. The lowest BCUT2D eigenvalue weighted by Crippen LogP contribution is -2.49. The van der Waals surface area contributed by atoms with E-state index in [1.807, 2.05) is 0 Å². The molecule has 2 atom stereocenters. The first-order chi connectivity index (χ1) is 12.2. The zero-order valence-electron chi connectivity index (χ0n) is 14.0. The maximum absolute atomic E-state index is 11.9. The fourth-order valence-electron chi connectivity index (χ4n) is 1.61. The van der Waals surface area contributed by atoms with Gasteiger partial charge in [-0.25, -0.2) is 0 Å². The number of nitrogens with one attached hydrogen (secondary N) is 2. The molecule has 0 fully saturated rings. The molecule has 0 bridgehead atoms. The van der Waals surface area contributed by atoms with Crippen molar-refractivity contribution < 1.29 is 38.9 Å². The van der Waals surface area contributed by atoms with E-state index in [1.165, 1.54) is 0 Å². The maximum atomic E-state index is 11.9. The molecule has 26 heavy (non-hydrogen) atoms. The number of carboxylic acid groups (broad SMARTS) is 2. The summed E-state index contributed by atoms with van der Waals surface area (Å²) >= 11 is 3.94. The van der Waals surface area contributed by atoms with Crippen molar-refractivity contribution in [2.75, 3.05) is 18.9 Å². The number of ether oxygens (including phenoxy) is 1. The zero-order valence-corrected chi connectivity index (χ0v) is 14.9. The van der Waals surface area contributed by atoms with Crippen molar-refractivity contribution in [3.63, 3.8) is 0 Å². The smallest absolute Gasteiger partial charge is 0.325 e. The van der Waals surface area contributed by atoms with Gasteiger partial charge in [-0.05, 0) is 12.8 Å². The second-order valence-corrected chi connectivity index (χ2v) is 5.59. The van der Waals surface area contributed by atoms with Crippen LogP contribution in [0.25, 0.3) is 0 Å². The number of hydrogen-bond acceptors (Lipinski definition) is 8. The van der Waals surface area contributed by atoms with Crippen LogP contribution in [0.4, 0.5) is 0 Å². The van der Waals surface area contributed by atoms with Crippen molar-refractivity contribution >= 4 is 42.4 Å². The zero-order chi connectivity index (χ0) is 20.1. The average molecular weight is 393 g/mol. The molecule has 11 nitrogen and oxygen atoms in total. The van der Waals surface area contributed by atoms with Crippen LogP contribution >= 0.6 is 12.6 Å². The minimum Gasteiger partial charge on any atom is -0.481 e. The third kappa shape index (κ3) is 11.3. The van der Waals surface area contributed by atoms with E-state index >= 15 is 0 Å². The molecule has 0 radical (unpaired) electrons. The van der Waals surface area contributed by atoms with E-state index < -0.39 is 48.4 Å². The van der Waals surface area contributed by atoms with E-state index in [4.69, 9.17) is 20.7 Å². The summed E-state index contributed by atoms with van der Waals surface area (Å²) < 4.78 is 4.73. The number of carbonyl (C=O) groups is 5. The predicted molar refractivity (Wildman–Crippen MR) is 91.5 cm³/mol. The minimum absolute atomic E-state index is 0.0454. The molecule has 0 aliphatic heterocycles. The Morgan fingerprint density at radius 2 is 1.77 bits per heavy atom. The fraction of sp³-hybridized carbons (Fsp3) is 0.643. The highest BCUT2D eigenvalue weighted by Gasteiger charge is 2.21. The van der Waals surface area contributed by atoms with Gasteiger partial charge < -0.3 is 31.3 Å². The Balaban J connectivity index is 4.15. The van der Waals surface area contributed by atoms with E-state index in [2.05, 4.69) is 23.3 Å². The number of carboxylic acids is 2. The molecule has 148 valence electrons. The first kappa shape index (κ1) is 23.7. The van der Waals surface area contributed by atoms with Gasteiger partial charge in [0, 0.05) is 18.6 Å². The summed E-state index contributed by atoms with van der Waals surface area (Å²) in [6.07, 6.45) is -0.261. The number of hydrogen-bond donors (Lipinski definition) is 6. The van der Waals surface area contributed by atoms with Crippen molar-refractivity contribution in [3.05, 3.63) is 0 Å². The number of nitrogens with two attached hydrogens (primary N) is 1. The minimum atomic E-state index is -1.23. The van der Waals surface area contributed by atoms with Crippen molar-refractivity contribution in [3.8, 4) is 0 Å². The Morgan fingerprint density at radius 1 is 1.12 bits per heavy atom. The molecule has 12 heteroatoms. The van der Waals surface area contributed by atoms with Crippen LogP contribution in [-0.2, 0) is 28.7 Å². The molecule has 0 aromatic carbocycles. The summed E-state index contributed by atoms with van der Waals surface area (Å²) in [7, 11) is 0. The van der Waals surface area contributed by atoms with Gasteiger partial charge in [-0.3, -0.25) is 24.0 Å². The molecule has 0 rings (SSSR count). The average Bonchev–Trinajstić information content (AvgIpc) is 2.58. The van der Waals surface area contributed by atoms with Crippen LogP contribution in [0.1, 0.15) is 25.7 Å². The molecule has 0 aliphatic rings. The van der Waals surface area contributed by atoms with E-state index in [9.17, 15) is 24.0 Å². The highest BCUT2D eigenvalue weighted by atomic mass is 32.1. The lowest BCUT2D eigenvalue weighted by molar-refractivity contribution is -0.145. The quantitative estimate of drug-likeness (QED) is 0.118. The monoisotopic (exact) mass is 393 g/mol. The highest BCUT2D eigenvalue weighted by Crippen LogP contribution is 1.97. The van der Waals surface area contributed by atoms with Gasteiger partial charge in [0.25, 0.3) is 0 Å². The van der Waals surface area contributed by atoms with Gasteiger partial charge in [0.15, 0.2) is 0 Å². The summed E-state index contributed by atoms with van der Waals surface area (Å²) in [5.74, 6) is -4.28. The topological polar surface area (TPSA) is 185 Å². The molecule has 2 amide bonds. The van der Waals surface area contributed by atoms with Crippen LogP contribution in [-0.4, -0.2) is 70.9 Å². The number of esters is 1. The molecule has 0 aromatic rings. The number of thiol groups is 1. The Hall–Kier alpha value is -2.34. The van der Waals surface area contributed by atoms with Crippen LogP contribution in [0.5, 0.6) is 0 Å². The fourth-order valence-corrected chi connectivity index (χ4v) is 1.87. The number of aliphatic carboxylic acids is 2. The van der Waals surface area contributed by atoms with Gasteiger partial charge in [-0.15, -0.1) is 0 Å². The summed E-state index contributed by atoms with van der Waals surface area (Å²) in [5, 5.41) is 21.7. The van der Waals surface area contributed by atoms with Crippen LogP contribution in [0, 0.1) is 0 Å². The summed E-state index contributed by atoms with van der Waals surface area (Å²) in [5.41, 5.74) is 5.28. The number of amides is 2. The molecule has 0 aliphatic carbocycles. The largest absolute Gasteiger partial charge is 0.481 e. The molecular weight excluding hydrogens is 370 g/mol. The van der Waals surface area contributed by atoms with E-state index in [-0.39, 0.29) is 38.0 Å². The van der Waals surface area contributed by atoms with Crippen LogP contribution < -0.4 is 16.4 Å². The second kappa shape index (κ2) is 12.9. The Kier molecular flexibility index (Phi) is 11.8. The van der Waals surface area contributed by atoms with Gasteiger partial charge >= 0.3 is 17.9 Å². The maximum Gasteiger partial charge on any atom is 0.325 e. The summed E-state index contributed by atoms with van der Waals surface area (Å²) in [4.78, 5) is 55.9. The van der Waals surface area contributed by atoms with Gasteiger partial charge in [-0.1, -0.05) is 0 Å². The first-order valence-electron chi connectivity index (χ1n) is 7.71. The second-order valence-electron chi connectivity index (χ2n) is 5.22. The van der Waals surface area contributed by atoms with Crippen LogP contribution in [0.2, 0.25) is 0 Å². The van der Waals surface area contributed by atoms with Crippen molar-refractivity contribution in [2.45, 2.75) is 37.8 Å². The molecule has 0 aromatic heterocycles. The van der Waals surface area contributed by atoms with Gasteiger partial charge in [0.1, 0.15) is 18.6 Å². The number of rotatable bonds is 13. The molecular formula is C14H23N3O8S.